The Labute approximate surface area is 190 Å². The number of piperidine rings is 1. The predicted molar refractivity (Wildman–Crippen MR) is 117 cm³/mol. The number of benzene rings is 1. The molecule has 2 aromatic heterocycles. The fraction of sp³-hybridized carbons (Fsp3) is 0.400. The van der Waals surface area contributed by atoms with Gasteiger partial charge in [-0.05, 0) is 57.0 Å². The van der Waals surface area contributed by atoms with Crippen LogP contribution in [-0.4, -0.2) is 51.7 Å². The van der Waals surface area contributed by atoms with Crippen LogP contribution in [0.5, 0.6) is 0 Å². The maximum absolute atomic E-state index is 12.8. The molecule has 1 aromatic carbocycles. The average molecular weight is 479 g/mol. The van der Waals surface area contributed by atoms with Crippen molar-refractivity contribution in [3.63, 3.8) is 0 Å². The Kier molecular flexibility index (Phi) is 6.31. The highest BCUT2D eigenvalue weighted by atomic mass is 35.5. The summed E-state index contributed by atoms with van der Waals surface area (Å²) in [7, 11) is -3.63. The number of amides is 1. The van der Waals surface area contributed by atoms with E-state index in [4.69, 9.17) is 16.0 Å². The van der Waals surface area contributed by atoms with Crippen molar-refractivity contribution in [3.8, 4) is 11.6 Å². The minimum atomic E-state index is -3.63. The van der Waals surface area contributed by atoms with Crippen molar-refractivity contribution in [2.45, 2.75) is 37.6 Å². The summed E-state index contributed by atoms with van der Waals surface area (Å²) in [5.41, 5.74) is 0.521. The fourth-order valence-electron chi connectivity index (χ4n) is 3.44. The molecule has 0 atom stereocenters. The first-order valence-electron chi connectivity index (χ1n) is 10.2. The third kappa shape index (κ3) is 4.69. The Morgan fingerprint density at radius 2 is 1.84 bits per heavy atom. The van der Waals surface area contributed by atoms with Crippen LogP contribution < -0.4 is 5.32 Å². The number of carbonyl (C=O) groups excluding carboxylic acids is 1. The lowest BCUT2D eigenvalue weighted by Crippen LogP contribution is -2.41. The number of nitrogens with one attached hydrogen (secondary N) is 1. The highest BCUT2D eigenvalue weighted by Gasteiger charge is 2.32. The van der Waals surface area contributed by atoms with Crippen LogP contribution in [0.3, 0.4) is 0 Å². The predicted octanol–water partition coefficient (Wildman–Crippen LogP) is 3.21. The van der Waals surface area contributed by atoms with E-state index < -0.39 is 10.0 Å². The number of aromatic nitrogens is 4. The second-order valence-electron chi connectivity index (χ2n) is 7.81. The van der Waals surface area contributed by atoms with Crippen molar-refractivity contribution in [1.29, 1.82) is 0 Å². The number of halogens is 1. The monoisotopic (exact) mass is 478 g/mol. The van der Waals surface area contributed by atoms with Crippen LogP contribution in [0.4, 0.5) is 6.01 Å². The second-order valence-corrected chi connectivity index (χ2v) is 10.2. The molecular weight excluding hydrogens is 456 g/mol. The molecule has 1 saturated heterocycles. The van der Waals surface area contributed by atoms with Gasteiger partial charge in [-0.1, -0.05) is 16.7 Å². The molecule has 10 nitrogen and oxygen atoms in total. The molecule has 1 N–H and O–H groups in total. The number of carbonyl (C=O) groups is 1. The zero-order valence-electron chi connectivity index (χ0n) is 17.6. The Morgan fingerprint density at radius 3 is 2.47 bits per heavy atom. The number of hydrogen-bond acceptors (Lipinski definition) is 7. The number of hydrogen-bond donors (Lipinski definition) is 1. The summed E-state index contributed by atoms with van der Waals surface area (Å²) in [6, 6.07) is 7.99. The summed E-state index contributed by atoms with van der Waals surface area (Å²) >= 11 is 5.84. The molecule has 3 aromatic rings. The van der Waals surface area contributed by atoms with E-state index in [1.807, 2.05) is 20.0 Å². The van der Waals surface area contributed by atoms with Gasteiger partial charge in [0.15, 0.2) is 0 Å². The number of rotatable bonds is 6. The van der Waals surface area contributed by atoms with E-state index >= 15 is 0 Å². The lowest BCUT2D eigenvalue weighted by atomic mass is 9.97. The van der Waals surface area contributed by atoms with Crippen LogP contribution in [0.15, 0.2) is 45.8 Å². The van der Waals surface area contributed by atoms with E-state index in [0.29, 0.717) is 23.6 Å². The van der Waals surface area contributed by atoms with Gasteiger partial charge in [0, 0.05) is 36.3 Å². The lowest BCUT2D eigenvalue weighted by molar-refractivity contribution is -0.121. The minimum Gasteiger partial charge on any atom is -0.401 e. The largest absolute Gasteiger partial charge is 0.401 e. The Bertz CT molecular complexity index is 1200. The van der Waals surface area contributed by atoms with Gasteiger partial charge in [-0.15, -0.1) is 5.10 Å². The third-order valence-electron chi connectivity index (χ3n) is 5.29. The molecule has 1 amide bonds. The van der Waals surface area contributed by atoms with E-state index in [0.717, 1.165) is 0 Å². The van der Waals surface area contributed by atoms with Crippen molar-refractivity contribution < 1.29 is 17.6 Å². The van der Waals surface area contributed by atoms with E-state index in [-0.39, 0.29) is 47.8 Å². The van der Waals surface area contributed by atoms with Gasteiger partial charge in [-0.25, -0.2) is 8.42 Å². The molecule has 0 aliphatic carbocycles. The molecule has 1 aliphatic rings. The molecule has 170 valence electrons. The second kappa shape index (κ2) is 9.00. The highest BCUT2D eigenvalue weighted by molar-refractivity contribution is 7.89. The molecule has 1 fully saturated rings. The van der Waals surface area contributed by atoms with Crippen LogP contribution >= 0.6 is 11.6 Å². The molecule has 0 saturated carbocycles. The molecule has 0 bridgehead atoms. The summed E-state index contributed by atoms with van der Waals surface area (Å²) in [6.07, 6.45) is 2.59. The zero-order chi connectivity index (χ0) is 22.9. The van der Waals surface area contributed by atoms with Crippen molar-refractivity contribution >= 4 is 33.5 Å². The Morgan fingerprint density at radius 1 is 1.16 bits per heavy atom. The van der Waals surface area contributed by atoms with Gasteiger partial charge in [0.1, 0.15) is 5.69 Å². The average Bonchev–Trinajstić information content (AvgIpc) is 3.44. The van der Waals surface area contributed by atoms with Crippen LogP contribution in [0.1, 0.15) is 32.7 Å². The number of nitrogens with zero attached hydrogens (tertiary/aromatic N) is 5. The first kappa shape index (κ1) is 22.4. The smallest absolute Gasteiger partial charge is 0.322 e. The molecular formula is C20H23ClN6O4S. The van der Waals surface area contributed by atoms with Gasteiger partial charge in [0.25, 0.3) is 5.89 Å². The molecule has 0 radical (unpaired) electrons. The van der Waals surface area contributed by atoms with Gasteiger partial charge in [0.2, 0.25) is 15.9 Å². The summed E-state index contributed by atoms with van der Waals surface area (Å²) in [5, 5.41) is 15.3. The number of sulfonamides is 1. The maximum atomic E-state index is 12.8. The molecule has 12 heteroatoms. The van der Waals surface area contributed by atoms with Crippen LogP contribution in [0.2, 0.25) is 5.02 Å². The fourth-order valence-corrected chi connectivity index (χ4v) is 5.03. The molecule has 0 spiro atoms. The molecule has 0 unspecified atom stereocenters. The van der Waals surface area contributed by atoms with E-state index in [1.165, 1.54) is 16.4 Å². The first-order chi connectivity index (χ1) is 15.2. The van der Waals surface area contributed by atoms with Crippen molar-refractivity contribution in [2.75, 3.05) is 18.4 Å². The van der Waals surface area contributed by atoms with E-state index in [1.54, 1.807) is 22.9 Å². The van der Waals surface area contributed by atoms with Crippen LogP contribution in [0, 0.1) is 5.92 Å². The highest BCUT2D eigenvalue weighted by Crippen LogP contribution is 2.26. The van der Waals surface area contributed by atoms with Gasteiger partial charge in [-0.2, -0.15) is 9.40 Å². The maximum Gasteiger partial charge on any atom is 0.322 e. The van der Waals surface area contributed by atoms with Crippen LogP contribution in [0.25, 0.3) is 11.6 Å². The summed E-state index contributed by atoms with van der Waals surface area (Å²) < 4.78 is 34.2. The lowest BCUT2D eigenvalue weighted by Gasteiger charge is -2.30. The summed E-state index contributed by atoms with van der Waals surface area (Å²) in [5.74, 6) is -0.429. The summed E-state index contributed by atoms with van der Waals surface area (Å²) in [4.78, 5) is 12.8. The molecule has 1 aliphatic heterocycles. The van der Waals surface area contributed by atoms with Crippen LogP contribution in [-0.2, 0) is 14.8 Å². The van der Waals surface area contributed by atoms with Gasteiger partial charge >= 0.3 is 6.01 Å². The van der Waals surface area contributed by atoms with E-state index in [9.17, 15) is 13.2 Å². The molecule has 4 rings (SSSR count). The Hall–Kier alpha value is -2.76. The molecule has 3 heterocycles. The van der Waals surface area contributed by atoms with Gasteiger partial charge in [-0.3, -0.25) is 14.8 Å². The summed E-state index contributed by atoms with van der Waals surface area (Å²) in [6.45, 7) is 4.49. The minimum absolute atomic E-state index is 0.0136. The van der Waals surface area contributed by atoms with E-state index in [2.05, 4.69) is 20.6 Å². The van der Waals surface area contributed by atoms with Crippen molar-refractivity contribution in [3.05, 3.63) is 41.6 Å². The van der Waals surface area contributed by atoms with Gasteiger partial charge in [0.05, 0.1) is 4.90 Å². The first-order valence-corrected chi connectivity index (χ1v) is 12.0. The quantitative estimate of drug-likeness (QED) is 0.576. The standard InChI is InChI=1S/C20H23ClN6O4S/c1-13(2)27-12-9-17(25-27)19-23-24-20(31-19)22-18(28)14-7-10-26(11-8-14)32(29,30)16-5-3-15(21)4-6-16/h3-6,9,12-14H,7-8,10-11H2,1-2H3,(H,22,24,28). The Balaban J connectivity index is 1.35. The SMILES string of the molecule is CC(C)n1ccc(-c2nnc(NC(=O)C3CCN(S(=O)(=O)c4ccc(Cl)cc4)CC3)o2)n1. The zero-order valence-corrected chi connectivity index (χ0v) is 19.2. The normalized spacial score (nSPS) is 15.9. The molecule has 32 heavy (non-hydrogen) atoms. The topological polar surface area (TPSA) is 123 Å². The van der Waals surface area contributed by atoms with Gasteiger partial charge < -0.3 is 4.42 Å². The van der Waals surface area contributed by atoms with Crippen molar-refractivity contribution in [2.24, 2.45) is 5.92 Å². The van der Waals surface area contributed by atoms with Crippen molar-refractivity contribution in [1.82, 2.24) is 24.3 Å². The third-order valence-corrected chi connectivity index (χ3v) is 7.45. The number of anilines is 1.